The minimum Gasteiger partial charge on any atom is -0.357 e. The second kappa shape index (κ2) is 7.56. The fraction of sp³-hybridized carbons (Fsp3) is 0.429. The molecular weight excluding hydrogens is 440 g/mol. The number of carbonyl (C=O) groups excluding carboxylic acids is 2. The molecule has 0 bridgehead atoms. The molecule has 2 aliphatic rings. The second-order valence-corrected chi connectivity index (χ2v) is 8.07. The van der Waals surface area contributed by atoms with Crippen LogP contribution >= 0.6 is 0 Å². The number of nitrogens with one attached hydrogen (secondary N) is 3. The third-order valence-corrected chi connectivity index (χ3v) is 5.97. The molecule has 32 heavy (non-hydrogen) atoms. The Kier molecular flexibility index (Phi) is 5.25. The smallest absolute Gasteiger partial charge is 0.357 e. The topological polar surface area (TPSA) is 74.0 Å². The zero-order valence-electron chi connectivity index (χ0n) is 16.6. The molecule has 2 amide bonds. The van der Waals surface area contributed by atoms with Crippen LogP contribution < -0.4 is 10.6 Å². The van der Waals surface area contributed by atoms with Crippen LogP contribution in [-0.2, 0) is 21.4 Å². The first-order chi connectivity index (χ1) is 14.9. The molecule has 2 fully saturated rings. The number of rotatable bonds is 6. The summed E-state index contributed by atoms with van der Waals surface area (Å²) in [6.45, 7) is 0.424. The Labute approximate surface area is 178 Å². The zero-order chi connectivity index (χ0) is 23.3. The van der Waals surface area contributed by atoms with Crippen molar-refractivity contribution >= 4 is 11.8 Å². The number of amides is 2. The summed E-state index contributed by atoms with van der Waals surface area (Å²) in [5, 5.41) is 5.11. The van der Waals surface area contributed by atoms with Crippen LogP contribution in [0.15, 0.2) is 30.3 Å². The lowest BCUT2D eigenvalue weighted by molar-refractivity contribution is -0.183. The van der Waals surface area contributed by atoms with E-state index in [-0.39, 0.29) is 30.0 Å². The van der Waals surface area contributed by atoms with Crippen LogP contribution in [0.25, 0.3) is 11.3 Å². The maximum Gasteiger partial charge on any atom is 0.405 e. The van der Waals surface area contributed by atoms with Crippen LogP contribution in [0.2, 0.25) is 0 Å². The zero-order valence-corrected chi connectivity index (χ0v) is 16.6. The average molecular weight is 459 g/mol. The van der Waals surface area contributed by atoms with Gasteiger partial charge in [0.2, 0.25) is 11.8 Å². The van der Waals surface area contributed by atoms with Crippen LogP contribution in [0, 0.1) is 5.82 Å². The number of aryl methyl sites for hydroxylation is 1. The van der Waals surface area contributed by atoms with Crippen molar-refractivity contribution in [3.8, 4) is 11.3 Å². The van der Waals surface area contributed by atoms with Crippen molar-refractivity contribution in [3.63, 3.8) is 0 Å². The molecule has 1 aromatic carbocycles. The van der Waals surface area contributed by atoms with Crippen molar-refractivity contribution in [1.82, 2.24) is 15.6 Å². The summed E-state index contributed by atoms with van der Waals surface area (Å²) in [4.78, 5) is 26.3. The van der Waals surface area contributed by atoms with Gasteiger partial charge in [0.05, 0.1) is 0 Å². The number of H-pyrrole nitrogens is 1. The highest BCUT2D eigenvalue weighted by atomic mass is 19.4. The summed E-state index contributed by atoms with van der Waals surface area (Å²) in [5.74, 6) is -5.35. The number of hydrogen-bond donors (Lipinski definition) is 3. The average Bonchev–Trinajstić information content (AvgIpc) is 2.99. The van der Waals surface area contributed by atoms with Gasteiger partial charge in [0, 0.05) is 30.8 Å². The van der Waals surface area contributed by atoms with Gasteiger partial charge >= 0.3 is 6.18 Å². The van der Waals surface area contributed by atoms with Gasteiger partial charge in [-0.15, -0.1) is 0 Å². The van der Waals surface area contributed by atoms with Gasteiger partial charge in [-0.3, -0.25) is 9.59 Å². The number of benzene rings is 1. The highest BCUT2D eigenvalue weighted by molar-refractivity contribution is 5.89. The fourth-order valence-corrected chi connectivity index (χ4v) is 4.09. The summed E-state index contributed by atoms with van der Waals surface area (Å²) in [7, 11) is 0. The van der Waals surface area contributed by atoms with Gasteiger partial charge in [0.15, 0.2) is 5.41 Å². The van der Waals surface area contributed by atoms with Crippen LogP contribution in [0.3, 0.4) is 0 Å². The Bertz CT molecular complexity index is 1050. The van der Waals surface area contributed by atoms with Gasteiger partial charge in [0.25, 0.3) is 5.92 Å². The molecule has 2 aromatic rings. The molecule has 1 saturated carbocycles. The standard InChI is InChI=1S/C21H19F6N3O2/c22-13-4-1-11(2-5-13)17-12(3-6-16(31)29-14-7-8-28-18(14)32)9-15(30-17)19(21(25,26)27)10-20(19,23)24/h1-2,4-5,9,14,30H,3,6-8,10H2,(H,28,32)(H,29,31). The van der Waals surface area contributed by atoms with Crippen molar-refractivity contribution in [2.75, 3.05) is 6.54 Å². The first kappa shape index (κ1) is 22.2. The summed E-state index contributed by atoms with van der Waals surface area (Å²) in [6, 6.07) is 5.13. The Morgan fingerprint density at radius 2 is 1.84 bits per heavy atom. The summed E-state index contributed by atoms with van der Waals surface area (Å²) in [5.41, 5.74) is -3.40. The summed E-state index contributed by atoms with van der Waals surface area (Å²) < 4.78 is 81.9. The summed E-state index contributed by atoms with van der Waals surface area (Å²) >= 11 is 0. The van der Waals surface area contributed by atoms with Crippen molar-refractivity contribution in [1.29, 1.82) is 0 Å². The SMILES string of the molecule is O=C(CCc1cc(C2(C(F)(F)F)CC2(F)F)[nH]c1-c1ccc(F)cc1)NC1CCNC1=O. The Morgan fingerprint density at radius 1 is 1.19 bits per heavy atom. The van der Waals surface area contributed by atoms with Gasteiger partial charge in [-0.05, 0) is 54.3 Å². The number of halogens is 6. The Morgan fingerprint density at radius 3 is 2.38 bits per heavy atom. The number of alkyl halides is 5. The van der Waals surface area contributed by atoms with Gasteiger partial charge in [-0.25, -0.2) is 13.2 Å². The molecule has 11 heteroatoms. The molecule has 1 aliphatic heterocycles. The molecule has 0 spiro atoms. The van der Waals surface area contributed by atoms with Crippen LogP contribution in [-0.4, -0.2) is 41.5 Å². The van der Waals surface area contributed by atoms with Crippen LogP contribution in [0.5, 0.6) is 0 Å². The third kappa shape index (κ3) is 3.73. The molecule has 1 saturated heterocycles. The van der Waals surface area contributed by atoms with Crippen molar-refractivity contribution in [2.24, 2.45) is 0 Å². The first-order valence-electron chi connectivity index (χ1n) is 9.94. The monoisotopic (exact) mass is 459 g/mol. The molecule has 1 aliphatic carbocycles. The molecule has 4 rings (SSSR count). The minimum absolute atomic E-state index is 0.0666. The van der Waals surface area contributed by atoms with E-state index in [2.05, 4.69) is 15.6 Å². The Balaban J connectivity index is 1.62. The molecular formula is C21H19F6N3O2. The highest BCUT2D eigenvalue weighted by Crippen LogP contribution is 2.68. The number of aromatic nitrogens is 1. The quantitative estimate of drug-likeness (QED) is 0.578. The van der Waals surface area contributed by atoms with E-state index in [0.29, 0.717) is 18.5 Å². The first-order valence-corrected chi connectivity index (χ1v) is 9.94. The predicted octanol–water partition coefficient (Wildman–Crippen LogP) is 3.60. The molecule has 2 atom stereocenters. The van der Waals surface area contributed by atoms with Crippen molar-refractivity contribution < 1.29 is 35.9 Å². The van der Waals surface area contributed by atoms with Gasteiger partial charge in [-0.2, -0.15) is 13.2 Å². The van der Waals surface area contributed by atoms with Gasteiger partial charge in [-0.1, -0.05) is 0 Å². The fourth-order valence-electron chi connectivity index (χ4n) is 4.09. The molecule has 2 heterocycles. The number of aromatic amines is 1. The van der Waals surface area contributed by atoms with E-state index >= 15 is 0 Å². The molecule has 2 unspecified atom stereocenters. The maximum atomic E-state index is 13.9. The molecule has 5 nitrogen and oxygen atoms in total. The molecule has 3 N–H and O–H groups in total. The third-order valence-electron chi connectivity index (χ3n) is 5.97. The second-order valence-electron chi connectivity index (χ2n) is 8.07. The summed E-state index contributed by atoms with van der Waals surface area (Å²) in [6.07, 6.45) is -6.38. The van der Waals surface area contributed by atoms with E-state index < -0.39 is 47.4 Å². The van der Waals surface area contributed by atoms with E-state index in [1.54, 1.807) is 0 Å². The lowest BCUT2D eigenvalue weighted by atomic mass is 9.99. The predicted molar refractivity (Wildman–Crippen MR) is 101 cm³/mol. The van der Waals surface area contributed by atoms with E-state index in [9.17, 15) is 35.9 Å². The van der Waals surface area contributed by atoms with Crippen molar-refractivity contribution in [3.05, 3.63) is 47.4 Å². The molecule has 0 radical (unpaired) electrons. The van der Waals surface area contributed by atoms with E-state index in [1.165, 1.54) is 12.1 Å². The number of hydrogen-bond acceptors (Lipinski definition) is 2. The lowest BCUT2D eigenvalue weighted by Crippen LogP contribution is -2.40. The van der Waals surface area contributed by atoms with E-state index in [0.717, 1.165) is 18.2 Å². The largest absolute Gasteiger partial charge is 0.405 e. The number of carbonyl (C=O) groups is 2. The molecule has 172 valence electrons. The van der Waals surface area contributed by atoms with Crippen LogP contribution in [0.4, 0.5) is 26.3 Å². The van der Waals surface area contributed by atoms with Crippen LogP contribution in [0.1, 0.15) is 30.5 Å². The van der Waals surface area contributed by atoms with Gasteiger partial charge in [0.1, 0.15) is 11.9 Å². The lowest BCUT2D eigenvalue weighted by Gasteiger charge is -2.18. The Hall–Kier alpha value is -2.98. The van der Waals surface area contributed by atoms with E-state index in [1.807, 2.05) is 0 Å². The van der Waals surface area contributed by atoms with Crippen molar-refractivity contribution in [2.45, 2.75) is 49.2 Å². The molecule has 1 aromatic heterocycles. The highest BCUT2D eigenvalue weighted by Gasteiger charge is 2.85. The maximum absolute atomic E-state index is 13.9. The normalized spacial score (nSPS) is 24.3. The minimum atomic E-state index is -5.19. The van der Waals surface area contributed by atoms with E-state index in [4.69, 9.17) is 0 Å². The van der Waals surface area contributed by atoms with Gasteiger partial charge < -0.3 is 15.6 Å².